The number of carbonyl (C=O) groups is 1. The van der Waals surface area contributed by atoms with Gasteiger partial charge in [0, 0.05) is 41.7 Å². The molecule has 2 aromatic heterocycles. The number of piperidine rings is 1. The van der Waals surface area contributed by atoms with E-state index in [0.717, 1.165) is 29.6 Å². The highest BCUT2D eigenvalue weighted by Crippen LogP contribution is 2.23. The van der Waals surface area contributed by atoms with Gasteiger partial charge in [0.25, 0.3) is 5.91 Å². The second-order valence-corrected chi connectivity index (χ2v) is 8.13. The smallest absolute Gasteiger partial charge is 0.255 e. The van der Waals surface area contributed by atoms with E-state index in [1.165, 1.54) is 24.8 Å². The van der Waals surface area contributed by atoms with Gasteiger partial charge in [0.1, 0.15) is 5.82 Å². The molecule has 3 heterocycles. The zero-order valence-electron chi connectivity index (χ0n) is 16.3. The zero-order chi connectivity index (χ0) is 19.9. The summed E-state index contributed by atoms with van der Waals surface area (Å²) in [6.07, 6.45) is 9.12. The summed E-state index contributed by atoms with van der Waals surface area (Å²) in [7, 11) is 0. The molecular weight excluding hydrogens is 380 g/mol. The molecule has 0 radical (unpaired) electrons. The van der Waals surface area contributed by atoms with Crippen molar-refractivity contribution in [2.75, 3.05) is 23.3 Å². The number of thioether (sulfide) groups is 1. The summed E-state index contributed by atoms with van der Waals surface area (Å²) in [6.45, 7) is 2.12. The zero-order valence-corrected chi connectivity index (χ0v) is 17.1. The summed E-state index contributed by atoms with van der Waals surface area (Å²) in [5.74, 6) is 1.72. The maximum absolute atomic E-state index is 12.5. The van der Waals surface area contributed by atoms with Crippen molar-refractivity contribution in [2.24, 2.45) is 0 Å². The van der Waals surface area contributed by atoms with Gasteiger partial charge in [-0.15, -0.1) is 11.8 Å². The monoisotopic (exact) mass is 404 g/mol. The van der Waals surface area contributed by atoms with E-state index in [4.69, 9.17) is 0 Å². The maximum Gasteiger partial charge on any atom is 0.255 e. The number of rotatable bonds is 6. The van der Waals surface area contributed by atoms with Crippen molar-refractivity contribution in [1.82, 2.24) is 9.97 Å². The van der Waals surface area contributed by atoms with Gasteiger partial charge in [0.15, 0.2) is 0 Å². The van der Waals surface area contributed by atoms with E-state index in [1.807, 2.05) is 48.7 Å². The Morgan fingerprint density at radius 1 is 1.00 bits per heavy atom. The normalized spacial score (nSPS) is 13.9. The fraction of sp³-hybridized carbons (Fsp3) is 0.261. The SMILES string of the molecule is O=C(Nc1ccc(N2CCCCC2)nc1)c1ccc(SCc2cccnc2)cc1. The summed E-state index contributed by atoms with van der Waals surface area (Å²) < 4.78 is 0. The average Bonchev–Trinajstić information content (AvgIpc) is 2.80. The molecule has 1 aliphatic heterocycles. The third-order valence-corrected chi connectivity index (χ3v) is 6.01. The van der Waals surface area contributed by atoms with Gasteiger partial charge in [-0.2, -0.15) is 0 Å². The van der Waals surface area contributed by atoms with Gasteiger partial charge >= 0.3 is 0 Å². The molecular formula is C23H24N4OS. The lowest BCUT2D eigenvalue weighted by Crippen LogP contribution is -2.30. The minimum atomic E-state index is -0.124. The van der Waals surface area contributed by atoms with Crippen LogP contribution in [0.2, 0.25) is 0 Å². The number of hydrogen-bond donors (Lipinski definition) is 1. The lowest BCUT2D eigenvalue weighted by atomic mass is 10.1. The predicted octanol–water partition coefficient (Wildman–Crippen LogP) is 5.01. The molecule has 1 N–H and O–H groups in total. The van der Waals surface area contributed by atoms with Crippen LogP contribution in [-0.4, -0.2) is 29.0 Å². The van der Waals surface area contributed by atoms with Crippen molar-refractivity contribution in [3.05, 3.63) is 78.2 Å². The van der Waals surface area contributed by atoms with Gasteiger partial charge in [0.05, 0.1) is 11.9 Å². The summed E-state index contributed by atoms with van der Waals surface area (Å²) in [6, 6.07) is 15.6. The fourth-order valence-corrected chi connectivity index (χ4v) is 4.16. The van der Waals surface area contributed by atoms with Crippen LogP contribution in [0.15, 0.2) is 72.0 Å². The van der Waals surface area contributed by atoms with E-state index in [0.29, 0.717) is 11.3 Å². The highest BCUT2D eigenvalue weighted by atomic mass is 32.2. The molecule has 0 unspecified atom stereocenters. The predicted molar refractivity (Wildman–Crippen MR) is 118 cm³/mol. The Morgan fingerprint density at radius 3 is 2.52 bits per heavy atom. The molecule has 5 nitrogen and oxygen atoms in total. The average molecular weight is 405 g/mol. The molecule has 0 aliphatic carbocycles. The van der Waals surface area contributed by atoms with Gasteiger partial charge in [0.2, 0.25) is 0 Å². The molecule has 1 aliphatic rings. The first-order chi connectivity index (χ1) is 14.3. The Labute approximate surface area is 175 Å². The van der Waals surface area contributed by atoms with Crippen LogP contribution in [-0.2, 0) is 5.75 Å². The number of hydrogen-bond acceptors (Lipinski definition) is 5. The van der Waals surface area contributed by atoms with E-state index in [1.54, 1.807) is 24.2 Å². The van der Waals surface area contributed by atoms with Gasteiger partial charge in [-0.3, -0.25) is 9.78 Å². The van der Waals surface area contributed by atoms with Crippen LogP contribution in [0.4, 0.5) is 11.5 Å². The largest absolute Gasteiger partial charge is 0.357 e. The number of carbonyl (C=O) groups excluding carboxylic acids is 1. The van der Waals surface area contributed by atoms with Crippen molar-refractivity contribution < 1.29 is 4.79 Å². The van der Waals surface area contributed by atoms with E-state index >= 15 is 0 Å². The van der Waals surface area contributed by atoms with Crippen LogP contribution in [0.3, 0.4) is 0 Å². The fourth-order valence-electron chi connectivity index (χ4n) is 3.33. The first kappa shape index (κ1) is 19.5. The lowest BCUT2D eigenvalue weighted by molar-refractivity contribution is 0.102. The third kappa shape index (κ3) is 5.35. The van der Waals surface area contributed by atoms with Crippen LogP contribution in [0.1, 0.15) is 35.2 Å². The van der Waals surface area contributed by atoms with Crippen LogP contribution in [0.25, 0.3) is 0 Å². The molecule has 0 bridgehead atoms. The number of nitrogens with one attached hydrogen (secondary N) is 1. The molecule has 1 saturated heterocycles. The number of aromatic nitrogens is 2. The van der Waals surface area contributed by atoms with Crippen molar-refractivity contribution in [2.45, 2.75) is 29.9 Å². The van der Waals surface area contributed by atoms with Crippen LogP contribution >= 0.6 is 11.8 Å². The Hall–Kier alpha value is -2.86. The maximum atomic E-state index is 12.5. The quantitative estimate of drug-likeness (QED) is 0.585. The summed E-state index contributed by atoms with van der Waals surface area (Å²) in [4.78, 5) is 24.6. The van der Waals surface area contributed by atoms with Crippen molar-refractivity contribution in [3.8, 4) is 0 Å². The van der Waals surface area contributed by atoms with Gasteiger partial charge in [-0.1, -0.05) is 6.07 Å². The van der Waals surface area contributed by atoms with Crippen LogP contribution < -0.4 is 10.2 Å². The number of amides is 1. The first-order valence-corrected chi connectivity index (χ1v) is 10.9. The molecule has 1 amide bonds. The summed E-state index contributed by atoms with van der Waals surface area (Å²) in [5.41, 5.74) is 2.53. The van der Waals surface area contributed by atoms with E-state index in [9.17, 15) is 4.79 Å². The van der Waals surface area contributed by atoms with Crippen molar-refractivity contribution >= 4 is 29.2 Å². The molecule has 3 aromatic rings. The number of anilines is 2. The molecule has 1 fully saturated rings. The second kappa shape index (κ2) is 9.56. The minimum Gasteiger partial charge on any atom is -0.357 e. The lowest BCUT2D eigenvalue weighted by Gasteiger charge is -2.27. The van der Waals surface area contributed by atoms with Crippen LogP contribution in [0.5, 0.6) is 0 Å². The molecule has 1 aromatic carbocycles. The second-order valence-electron chi connectivity index (χ2n) is 7.08. The van der Waals surface area contributed by atoms with E-state index < -0.39 is 0 Å². The number of pyridine rings is 2. The highest BCUT2D eigenvalue weighted by molar-refractivity contribution is 7.98. The van der Waals surface area contributed by atoms with E-state index in [-0.39, 0.29) is 5.91 Å². The third-order valence-electron chi connectivity index (χ3n) is 4.93. The molecule has 0 spiro atoms. The van der Waals surface area contributed by atoms with Gasteiger partial charge < -0.3 is 10.2 Å². The van der Waals surface area contributed by atoms with E-state index in [2.05, 4.69) is 26.3 Å². The minimum absolute atomic E-state index is 0.124. The first-order valence-electron chi connectivity index (χ1n) is 9.92. The molecule has 0 saturated carbocycles. The summed E-state index contributed by atoms with van der Waals surface area (Å²) >= 11 is 1.73. The molecule has 0 atom stereocenters. The Kier molecular flexibility index (Phi) is 6.42. The van der Waals surface area contributed by atoms with Gasteiger partial charge in [-0.25, -0.2) is 4.98 Å². The van der Waals surface area contributed by atoms with Crippen molar-refractivity contribution in [1.29, 1.82) is 0 Å². The number of benzene rings is 1. The summed E-state index contributed by atoms with van der Waals surface area (Å²) in [5, 5.41) is 2.93. The van der Waals surface area contributed by atoms with Crippen molar-refractivity contribution in [3.63, 3.8) is 0 Å². The molecule has 4 rings (SSSR count). The molecule has 29 heavy (non-hydrogen) atoms. The Morgan fingerprint density at radius 2 is 1.83 bits per heavy atom. The Bertz CT molecular complexity index is 923. The van der Waals surface area contributed by atoms with Crippen LogP contribution in [0, 0.1) is 0 Å². The highest BCUT2D eigenvalue weighted by Gasteiger charge is 2.12. The van der Waals surface area contributed by atoms with Gasteiger partial charge in [-0.05, 0) is 67.3 Å². The molecule has 148 valence electrons. The standard InChI is InChI=1S/C23H24N4OS/c28-23(26-20-8-11-22(25-16-20)27-13-2-1-3-14-27)19-6-9-21(10-7-19)29-17-18-5-4-12-24-15-18/h4-12,15-16H,1-3,13-14,17H2,(H,26,28). The number of nitrogens with zero attached hydrogens (tertiary/aromatic N) is 3. The topological polar surface area (TPSA) is 58.1 Å². The molecule has 6 heteroatoms. The Balaban J connectivity index is 1.32.